The van der Waals surface area contributed by atoms with E-state index in [2.05, 4.69) is 9.97 Å². The van der Waals surface area contributed by atoms with Crippen molar-refractivity contribution in [1.29, 1.82) is 0 Å². The monoisotopic (exact) mass is 192 g/mol. The molecule has 0 bridgehead atoms. The minimum Gasteiger partial charge on any atom is -0.399 e. The van der Waals surface area contributed by atoms with E-state index in [9.17, 15) is 0 Å². The van der Waals surface area contributed by atoms with Crippen LogP contribution in [-0.2, 0) is 4.84 Å². The van der Waals surface area contributed by atoms with Crippen molar-refractivity contribution in [2.45, 2.75) is 0 Å². The van der Waals surface area contributed by atoms with Crippen molar-refractivity contribution in [3.63, 3.8) is 0 Å². The number of aromatic amines is 1. The standard InChI is InChI=1S/C9H12N4O/c1-13(14-2)9-11-7-4-3-6(10)5-8(7)12-9/h3-5H,10H2,1-2H3,(H,11,12). The molecule has 5 heteroatoms. The van der Waals surface area contributed by atoms with Crippen molar-refractivity contribution in [2.24, 2.45) is 0 Å². The third-order valence-electron chi connectivity index (χ3n) is 2.07. The summed E-state index contributed by atoms with van der Waals surface area (Å²) in [4.78, 5) is 12.4. The summed E-state index contributed by atoms with van der Waals surface area (Å²) < 4.78 is 0. The van der Waals surface area contributed by atoms with Gasteiger partial charge in [-0.05, 0) is 18.2 Å². The van der Waals surface area contributed by atoms with Gasteiger partial charge in [-0.3, -0.25) is 4.84 Å². The molecule has 0 spiro atoms. The Balaban J connectivity index is 2.51. The normalized spacial score (nSPS) is 10.7. The van der Waals surface area contributed by atoms with Crippen LogP contribution < -0.4 is 10.8 Å². The molecule has 5 nitrogen and oxygen atoms in total. The van der Waals surface area contributed by atoms with Gasteiger partial charge in [0.2, 0.25) is 5.95 Å². The van der Waals surface area contributed by atoms with Gasteiger partial charge in [0.05, 0.1) is 18.1 Å². The lowest BCUT2D eigenvalue weighted by Crippen LogP contribution is -2.15. The molecule has 0 aliphatic heterocycles. The quantitative estimate of drug-likeness (QED) is 0.553. The molecular formula is C9H12N4O. The topological polar surface area (TPSA) is 67.2 Å². The fourth-order valence-electron chi connectivity index (χ4n) is 1.25. The molecule has 1 aromatic heterocycles. The molecule has 0 saturated carbocycles. The van der Waals surface area contributed by atoms with Gasteiger partial charge >= 0.3 is 0 Å². The predicted molar refractivity (Wildman–Crippen MR) is 55.9 cm³/mol. The van der Waals surface area contributed by atoms with E-state index in [1.807, 2.05) is 18.2 Å². The Morgan fingerprint density at radius 2 is 2.29 bits per heavy atom. The number of imidazole rings is 1. The van der Waals surface area contributed by atoms with Crippen LogP contribution in [0.5, 0.6) is 0 Å². The van der Waals surface area contributed by atoms with Crippen LogP contribution in [0.2, 0.25) is 0 Å². The second-order valence-corrected chi connectivity index (χ2v) is 3.02. The summed E-state index contributed by atoms with van der Waals surface area (Å²) in [7, 11) is 3.36. The average molecular weight is 192 g/mol. The minimum atomic E-state index is 0.660. The number of nitrogens with zero attached hydrogens (tertiary/aromatic N) is 2. The smallest absolute Gasteiger partial charge is 0.228 e. The summed E-state index contributed by atoms with van der Waals surface area (Å²) in [6, 6.07) is 5.53. The highest BCUT2D eigenvalue weighted by Crippen LogP contribution is 2.18. The van der Waals surface area contributed by atoms with Crippen LogP contribution in [0.4, 0.5) is 11.6 Å². The molecule has 74 valence electrons. The van der Waals surface area contributed by atoms with E-state index in [0.717, 1.165) is 11.0 Å². The Labute approximate surface area is 81.4 Å². The molecule has 0 saturated heterocycles. The van der Waals surface area contributed by atoms with Crippen molar-refractivity contribution < 1.29 is 4.84 Å². The van der Waals surface area contributed by atoms with E-state index >= 15 is 0 Å². The molecule has 0 unspecified atom stereocenters. The molecule has 14 heavy (non-hydrogen) atoms. The number of benzene rings is 1. The summed E-state index contributed by atoms with van der Waals surface area (Å²) in [6.07, 6.45) is 0. The van der Waals surface area contributed by atoms with Crippen LogP contribution in [0, 0.1) is 0 Å². The number of anilines is 2. The zero-order valence-corrected chi connectivity index (χ0v) is 8.11. The zero-order chi connectivity index (χ0) is 10.1. The first-order valence-electron chi connectivity index (χ1n) is 4.24. The summed E-state index contributed by atoms with van der Waals surface area (Å²) >= 11 is 0. The molecule has 0 radical (unpaired) electrons. The minimum absolute atomic E-state index is 0.660. The summed E-state index contributed by atoms with van der Waals surface area (Å²) in [5, 5.41) is 1.55. The lowest BCUT2D eigenvalue weighted by molar-refractivity contribution is 0.180. The molecule has 0 aliphatic carbocycles. The first kappa shape index (κ1) is 8.83. The van der Waals surface area contributed by atoms with Crippen LogP contribution >= 0.6 is 0 Å². The Morgan fingerprint density at radius 3 is 3.00 bits per heavy atom. The molecule has 1 heterocycles. The summed E-state index contributed by atoms with van der Waals surface area (Å²) in [5.41, 5.74) is 8.14. The van der Waals surface area contributed by atoms with E-state index in [-0.39, 0.29) is 0 Å². The molecule has 0 amide bonds. The molecule has 3 N–H and O–H groups in total. The maximum Gasteiger partial charge on any atom is 0.228 e. The van der Waals surface area contributed by atoms with Crippen LogP contribution in [0.25, 0.3) is 11.0 Å². The average Bonchev–Trinajstić information content (AvgIpc) is 2.59. The number of hydrogen-bond acceptors (Lipinski definition) is 4. The van der Waals surface area contributed by atoms with Gasteiger partial charge in [-0.2, -0.15) is 0 Å². The lowest BCUT2D eigenvalue weighted by atomic mass is 10.3. The molecule has 2 rings (SSSR count). The van der Waals surface area contributed by atoms with E-state index in [1.165, 1.54) is 0 Å². The number of nitrogens with two attached hydrogens (primary N) is 1. The second kappa shape index (κ2) is 3.19. The maximum absolute atomic E-state index is 5.65. The van der Waals surface area contributed by atoms with Gasteiger partial charge in [-0.1, -0.05) is 0 Å². The SMILES string of the molecule is CON(C)c1nc2ccc(N)cc2[nH]1. The van der Waals surface area contributed by atoms with Crippen LogP contribution in [-0.4, -0.2) is 24.1 Å². The number of nitrogens with one attached hydrogen (secondary N) is 1. The number of nitrogen functional groups attached to an aromatic ring is 1. The molecular weight excluding hydrogens is 180 g/mol. The predicted octanol–water partition coefficient (Wildman–Crippen LogP) is 1.14. The number of H-pyrrole nitrogens is 1. The molecule has 0 fully saturated rings. The summed E-state index contributed by atoms with van der Waals surface area (Å²) in [6.45, 7) is 0. The number of aromatic nitrogens is 2. The van der Waals surface area contributed by atoms with E-state index in [1.54, 1.807) is 19.2 Å². The number of rotatable bonds is 2. The maximum atomic E-state index is 5.65. The first-order valence-corrected chi connectivity index (χ1v) is 4.24. The van der Waals surface area contributed by atoms with Crippen molar-refractivity contribution in [3.05, 3.63) is 18.2 Å². The van der Waals surface area contributed by atoms with Crippen molar-refractivity contribution in [1.82, 2.24) is 9.97 Å². The van der Waals surface area contributed by atoms with Gasteiger partial charge in [-0.25, -0.2) is 10.0 Å². The first-order chi connectivity index (χ1) is 6.70. The lowest BCUT2D eigenvalue weighted by Gasteiger charge is -2.10. The zero-order valence-electron chi connectivity index (χ0n) is 8.11. The van der Waals surface area contributed by atoms with E-state index in [0.29, 0.717) is 11.6 Å². The summed E-state index contributed by atoms with van der Waals surface area (Å²) in [5.74, 6) is 0.660. The number of fused-ring (bicyclic) bond motifs is 1. The molecule has 1 aromatic carbocycles. The van der Waals surface area contributed by atoms with Crippen LogP contribution in [0.3, 0.4) is 0 Å². The highest BCUT2D eigenvalue weighted by molar-refractivity contribution is 5.80. The number of hydrogen-bond donors (Lipinski definition) is 2. The van der Waals surface area contributed by atoms with Gasteiger partial charge < -0.3 is 10.7 Å². The second-order valence-electron chi connectivity index (χ2n) is 3.02. The van der Waals surface area contributed by atoms with Gasteiger partial charge in [0.25, 0.3) is 0 Å². The highest BCUT2D eigenvalue weighted by Gasteiger charge is 2.06. The largest absolute Gasteiger partial charge is 0.399 e. The Kier molecular flexibility index (Phi) is 2.01. The Morgan fingerprint density at radius 1 is 1.50 bits per heavy atom. The van der Waals surface area contributed by atoms with Crippen LogP contribution in [0.1, 0.15) is 0 Å². The van der Waals surface area contributed by atoms with Crippen LogP contribution in [0.15, 0.2) is 18.2 Å². The fourth-order valence-corrected chi connectivity index (χ4v) is 1.25. The van der Waals surface area contributed by atoms with Gasteiger partial charge in [-0.15, -0.1) is 0 Å². The van der Waals surface area contributed by atoms with Crippen molar-refractivity contribution >= 4 is 22.7 Å². The molecule has 2 aromatic rings. The van der Waals surface area contributed by atoms with E-state index in [4.69, 9.17) is 10.6 Å². The van der Waals surface area contributed by atoms with Gasteiger partial charge in [0.15, 0.2) is 0 Å². The van der Waals surface area contributed by atoms with Gasteiger partial charge in [0, 0.05) is 12.7 Å². The third kappa shape index (κ3) is 1.38. The van der Waals surface area contributed by atoms with Gasteiger partial charge in [0.1, 0.15) is 0 Å². The Bertz CT molecular complexity index is 451. The fraction of sp³-hybridized carbons (Fsp3) is 0.222. The third-order valence-corrected chi connectivity index (χ3v) is 2.07. The van der Waals surface area contributed by atoms with Crippen molar-refractivity contribution in [2.75, 3.05) is 25.0 Å². The Hall–Kier alpha value is -1.75. The molecule has 0 aliphatic rings. The highest BCUT2D eigenvalue weighted by atomic mass is 16.7. The van der Waals surface area contributed by atoms with E-state index < -0.39 is 0 Å². The molecule has 0 atom stereocenters. The number of hydroxylamine groups is 1. The van der Waals surface area contributed by atoms with Crippen molar-refractivity contribution in [3.8, 4) is 0 Å².